The molecular formula is C6H10N2O. The third kappa shape index (κ3) is 1.45. The molecule has 0 unspecified atom stereocenters. The molecular weight excluding hydrogens is 116 g/mol. The molecule has 0 bridgehead atoms. The minimum atomic E-state index is 0.434. The predicted molar refractivity (Wildman–Crippen MR) is 35.6 cm³/mol. The molecule has 0 aliphatic carbocycles. The van der Waals surface area contributed by atoms with Gasteiger partial charge in [-0.2, -0.15) is 0 Å². The maximum atomic E-state index is 4.78. The van der Waals surface area contributed by atoms with E-state index >= 15 is 0 Å². The average molecular weight is 126 g/mol. The molecule has 0 aromatic carbocycles. The number of aliphatic imine (C=N–C) groups is 1. The third-order valence-corrected chi connectivity index (χ3v) is 1.11. The zero-order valence-corrected chi connectivity index (χ0v) is 5.59. The van der Waals surface area contributed by atoms with Crippen molar-refractivity contribution in [3.8, 4) is 0 Å². The molecule has 0 saturated heterocycles. The average Bonchev–Trinajstić information content (AvgIpc) is 1.90. The second-order valence-electron chi connectivity index (χ2n) is 2.19. The molecule has 1 aliphatic heterocycles. The largest absolute Gasteiger partial charge is 0.387 e. The summed E-state index contributed by atoms with van der Waals surface area (Å²) in [5, 5.41) is 0. The summed E-state index contributed by atoms with van der Waals surface area (Å²) in [6.45, 7) is 4.13. The van der Waals surface area contributed by atoms with Gasteiger partial charge in [-0.25, -0.2) is 10.5 Å². The van der Waals surface area contributed by atoms with E-state index in [1.165, 1.54) is 6.34 Å². The summed E-state index contributed by atoms with van der Waals surface area (Å²) in [6.07, 6.45) is 3.15. The first kappa shape index (κ1) is 6.13. The van der Waals surface area contributed by atoms with E-state index in [1.54, 1.807) is 6.26 Å². The SMILES string of the molecule is CC(C)C1=CONC=N1. The van der Waals surface area contributed by atoms with Crippen molar-refractivity contribution in [2.75, 3.05) is 0 Å². The lowest BCUT2D eigenvalue weighted by Crippen LogP contribution is -2.13. The lowest BCUT2D eigenvalue weighted by Gasteiger charge is -2.09. The van der Waals surface area contributed by atoms with Gasteiger partial charge in [0.2, 0.25) is 0 Å². The molecule has 1 N–H and O–H groups in total. The second-order valence-corrected chi connectivity index (χ2v) is 2.19. The summed E-state index contributed by atoms with van der Waals surface area (Å²) in [7, 11) is 0. The normalized spacial score (nSPS) is 16.6. The lowest BCUT2D eigenvalue weighted by atomic mass is 10.2. The van der Waals surface area contributed by atoms with Crippen LogP contribution >= 0.6 is 0 Å². The van der Waals surface area contributed by atoms with Gasteiger partial charge in [0, 0.05) is 0 Å². The second kappa shape index (κ2) is 2.53. The van der Waals surface area contributed by atoms with Crippen molar-refractivity contribution in [3.63, 3.8) is 0 Å². The fourth-order valence-corrected chi connectivity index (χ4v) is 0.541. The van der Waals surface area contributed by atoms with Crippen LogP contribution in [-0.2, 0) is 4.84 Å². The van der Waals surface area contributed by atoms with Gasteiger partial charge in [-0.05, 0) is 5.92 Å². The Morgan fingerprint density at radius 2 is 2.44 bits per heavy atom. The molecule has 1 rings (SSSR count). The molecule has 0 spiro atoms. The molecule has 0 saturated carbocycles. The van der Waals surface area contributed by atoms with Crippen molar-refractivity contribution in [2.24, 2.45) is 10.9 Å². The smallest absolute Gasteiger partial charge is 0.141 e. The highest BCUT2D eigenvalue weighted by Gasteiger charge is 2.02. The fraction of sp³-hybridized carbons (Fsp3) is 0.500. The molecule has 50 valence electrons. The third-order valence-electron chi connectivity index (χ3n) is 1.11. The van der Waals surface area contributed by atoms with Crippen LogP contribution in [0.2, 0.25) is 0 Å². The first-order chi connectivity index (χ1) is 4.30. The van der Waals surface area contributed by atoms with E-state index in [2.05, 4.69) is 24.3 Å². The van der Waals surface area contributed by atoms with Gasteiger partial charge in [-0.15, -0.1) is 0 Å². The minimum Gasteiger partial charge on any atom is -0.387 e. The van der Waals surface area contributed by atoms with Crippen molar-refractivity contribution in [1.29, 1.82) is 0 Å². The Balaban J connectivity index is 2.58. The van der Waals surface area contributed by atoms with Gasteiger partial charge in [0.05, 0.1) is 5.70 Å². The summed E-state index contributed by atoms with van der Waals surface area (Å²) in [5.74, 6) is 0.434. The highest BCUT2D eigenvalue weighted by molar-refractivity contribution is 5.55. The lowest BCUT2D eigenvalue weighted by molar-refractivity contribution is 0.187. The topological polar surface area (TPSA) is 33.6 Å². The quantitative estimate of drug-likeness (QED) is 0.569. The molecule has 0 atom stereocenters. The van der Waals surface area contributed by atoms with E-state index in [4.69, 9.17) is 4.84 Å². The van der Waals surface area contributed by atoms with Crippen LogP contribution in [0.15, 0.2) is 17.0 Å². The monoisotopic (exact) mass is 126 g/mol. The standard InChI is InChI=1S/C6H10N2O/c1-5(2)6-3-9-8-4-7-6/h3-5H,1-2H3,(H,7,8). The van der Waals surface area contributed by atoms with E-state index in [1.807, 2.05) is 0 Å². The summed E-state index contributed by atoms with van der Waals surface area (Å²) in [5.41, 5.74) is 3.47. The van der Waals surface area contributed by atoms with Gasteiger partial charge in [-0.3, -0.25) is 0 Å². The van der Waals surface area contributed by atoms with Crippen LogP contribution in [0.25, 0.3) is 0 Å². The van der Waals surface area contributed by atoms with Crippen LogP contribution < -0.4 is 5.48 Å². The first-order valence-electron chi connectivity index (χ1n) is 2.94. The summed E-state index contributed by atoms with van der Waals surface area (Å²) < 4.78 is 0. The maximum absolute atomic E-state index is 4.78. The molecule has 9 heavy (non-hydrogen) atoms. The van der Waals surface area contributed by atoms with Crippen molar-refractivity contribution in [1.82, 2.24) is 5.48 Å². The molecule has 3 heteroatoms. The molecule has 0 aromatic heterocycles. The predicted octanol–water partition coefficient (Wildman–Crippen LogP) is 1.05. The fourth-order valence-electron chi connectivity index (χ4n) is 0.541. The number of nitrogens with one attached hydrogen (secondary N) is 1. The highest BCUT2D eigenvalue weighted by Crippen LogP contribution is 2.10. The van der Waals surface area contributed by atoms with Crippen molar-refractivity contribution >= 4 is 6.34 Å². The Kier molecular flexibility index (Phi) is 1.72. The molecule has 1 heterocycles. The van der Waals surface area contributed by atoms with Crippen molar-refractivity contribution < 1.29 is 4.84 Å². The molecule has 1 aliphatic rings. The number of hydroxylamine groups is 1. The summed E-state index contributed by atoms with van der Waals surface area (Å²) in [4.78, 5) is 8.81. The number of allylic oxidation sites excluding steroid dienone is 1. The van der Waals surface area contributed by atoms with E-state index in [0.717, 1.165) is 5.70 Å². The van der Waals surface area contributed by atoms with Crippen LogP contribution in [0.3, 0.4) is 0 Å². The van der Waals surface area contributed by atoms with Crippen LogP contribution in [0.1, 0.15) is 13.8 Å². The Morgan fingerprint density at radius 1 is 1.67 bits per heavy atom. The Labute approximate surface area is 54.4 Å². The Bertz CT molecular complexity index is 149. The van der Waals surface area contributed by atoms with E-state index in [9.17, 15) is 0 Å². The minimum absolute atomic E-state index is 0.434. The number of hydrogen-bond acceptors (Lipinski definition) is 3. The van der Waals surface area contributed by atoms with E-state index in [-0.39, 0.29) is 0 Å². The molecule has 3 nitrogen and oxygen atoms in total. The number of rotatable bonds is 1. The van der Waals surface area contributed by atoms with Crippen LogP contribution in [0.4, 0.5) is 0 Å². The van der Waals surface area contributed by atoms with Gasteiger partial charge < -0.3 is 4.84 Å². The zero-order valence-electron chi connectivity index (χ0n) is 5.59. The highest BCUT2D eigenvalue weighted by atomic mass is 16.6. The van der Waals surface area contributed by atoms with Crippen LogP contribution in [-0.4, -0.2) is 6.34 Å². The Morgan fingerprint density at radius 3 is 2.78 bits per heavy atom. The number of nitrogens with zero attached hydrogens (tertiary/aromatic N) is 1. The number of hydrogen-bond donors (Lipinski definition) is 1. The summed E-state index contributed by atoms with van der Waals surface area (Å²) in [6, 6.07) is 0. The Hall–Kier alpha value is -0.990. The molecule has 0 aromatic rings. The molecule has 0 amide bonds. The maximum Gasteiger partial charge on any atom is 0.141 e. The zero-order chi connectivity index (χ0) is 6.69. The van der Waals surface area contributed by atoms with E-state index in [0.29, 0.717) is 5.92 Å². The van der Waals surface area contributed by atoms with Gasteiger partial charge in [0.25, 0.3) is 0 Å². The molecule has 0 fully saturated rings. The first-order valence-corrected chi connectivity index (χ1v) is 2.94. The summed E-state index contributed by atoms with van der Waals surface area (Å²) >= 11 is 0. The van der Waals surface area contributed by atoms with Gasteiger partial charge >= 0.3 is 0 Å². The van der Waals surface area contributed by atoms with Gasteiger partial charge in [0.15, 0.2) is 0 Å². The molecule has 0 radical (unpaired) electrons. The van der Waals surface area contributed by atoms with Crippen molar-refractivity contribution in [3.05, 3.63) is 12.0 Å². The van der Waals surface area contributed by atoms with Crippen LogP contribution in [0, 0.1) is 5.92 Å². The van der Waals surface area contributed by atoms with E-state index < -0.39 is 0 Å². The van der Waals surface area contributed by atoms with Gasteiger partial charge in [0.1, 0.15) is 12.6 Å². The van der Waals surface area contributed by atoms with Crippen LogP contribution in [0.5, 0.6) is 0 Å². The van der Waals surface area contributed by atoms with Gasteiger partial charge in [-0.1, -0.05) is 13.8 Å². The van der Waals surface area contributed by atoms with Crippen molar-refractivity contribution in [2.45, 2.75) is 13.8 Å².